The van der Waals surface area contributed by atoms with Gasteiger partial charge in [0.15, 0.2) is 0 Å². The van der Waals surface area contributed by atoms with Crippen molar-refractivity contribution < 1.29 is 14.3 Å². The normalized spacial score (nSPS) is 20.9. The first-order valence-electron chi connectivity index (χ1n) is 8.20. The third kappa shape index (κ3) is 4.71. The summed E-state index contributed by atoms with van der Waals surface area (Å²) in [6, 6.07) is 7.07. The number of amides is 2. The average molecular weight is 318 g/mol. The van der Waals surface area contributed by atoms with Crippen LogP contribution in [-0.2, 0) is 4.79 Å². The van der Waals surface area contributed by atoms with Crippen molar-refractivity contribution >= 4 is 11.8 Å². The molecular weight excluding hydrogens is 292 g/mol. The minimum atomic E-state index is -0.212. The lowest BCUT2D eigenvalue weighted by molar-refractivity contribution is -0.133. The van der Waals surface area contributed by atoms with Crippen LogP contribution in [0.15, 0.2) is 24.3 Å². The van der Waals surface area contributed by atoms with Gasteiger partial charge >= 0.3 is 0 Å². The SMILES string of the molecule is COc1ccccc1C(=O)NCCC(=O)N1C[C@H](C)C[C@H](C)C1. The minimum absolute atomic E-state index is 0.115. The van der Waals surface area contributed by atoms with Crippen molar-refractivity contribution in [3.8, 4) is 5.75 Å². The highest BCUT2D eigenvalue weighted by atomic mass is 16.5. The number of carbonyl (C=O) groups is 2. The van der Waals surface area contributed by atoms with Crippen LogP contribution in [0.1, 0.15) is 37.0 Å². The van der Waals surface area contributed by atoms with Crippen molar-refractivity contribution in [2.45, 2.75) is 26.7 Å². The van der Waals surface area contributed by atoms with Crippen LogP contribution >= 0.6 is 0 Å². The van der Waals surface area contributed by atoms with Crippen LogP contribution in [0, 0.1) is 11.8 Å². The standard InChI is InChI=1S/C18H26N2O3/c1-13-10-14(2)12-20(11-13)17(21)8-9-19-18(22)15-6-4-5-7-16(15)23-3/h4-7,13-14H,8-12H2,1-3H3,(H,19,22)/t13-,14+. The number of piperidine rings is 1. The number of para-hydroxylation sites is 1. The molecule has 0 bridgehead atoms. The minimum Gasteiger partial charge on any atom is -0.496 e. The monoisotopic (exact) mass is 318 g/mol. The number of rotatable bonds is 5. The van der Waals surface area contributed by atoms with Crippen molar-refractivity contribution in [1.29, 1.82) is 0 Å². The molecule has 5 nitrogen and oxygen atoms in total. The Morgan fingerprint density at radius 1 is 1.22 bits per heavy atom. The van der Waals surface area contributed by atoms with Gasteiger partial charge in [-0.25, -0.2) is 0 Å². The number of nitrogens with zero attached hydrogens (tertiary/aromatic N) is 1. The van der Waals surface area contributed by atoms with E-state index in [0.29, 0.717) is 36.1 Å². The highest BCUT2D eigenvalue weighted by molar-refractivity contribution is 5.97. The number of benzene rings is 1. The lowest BCUT2D eigenvalue weighted by Crippen LogP contribution is -2.43. The summed E-state index contributed by atoms with van der Waals surface area (Å²) in [4.78, 5) is 26.4. The van der Waals surface area contributed by atoms with Crippen LogP contribution in [0.5, 0.6) is 5.75 Å². The molecule has 1 aromatic rings. The smallest absolute Gasteiger partial charge is 0.255 e. The van der Waals surface area contributed by atoms with Gasteiger partial charge in [0.25, 0.3) is 5.91 Å². The van der Waals surface area contributed by atoms with Gasteiger partial charge in [0.1, 0.15) is 5.75 Å². The third-order valence-electron chi connectivity index (χ3n) is 4.20. The van der Waals surface area contributed by atoms with Gasteiger partial charge in [0.2, 0.25) is 5.91 Å². The summed E-state index contributed by atoms with van der Waals surface area (Å²) in [5.74, 6) is 1.53. The quantitative estimate of drug-likeness (QED) is 0.906. The summed E-state index contributed by atoms with van der Waals surface area (Å²) in [6.45, 7) is 6.35. The lowest BCUT2D eigenvalue weighted by atomic mass is 9.92. The summed E-state index contributed by atoms with van der Waals surface area (Å²) in [6.07, 6.45) is 1.51. The van der Waals surface area contributed by atoms with Gasteiger partial charge in [0.05, 0.1) is 12.7 Å². The Hall–Kier alpha value is -2.04. The number of hydrogen-bond donors (Lipinski definition) is 1. The molecule has 1 saturated heterocycles. The molecule has 1 heterocycles. The second kappa shape index (κ2) is 7.99. The highest BCUT2D eigenvalue weighted by Gasteiger charge is 2.25. The Kier molecular flexibility index (Phi) is 6.02. The number of carbonyl (C=O) groups excluding carboxylic acids is 2. The molecule has 126 valence electrons. The van der Waals surface area contributed by atoms with Gasteiger partial charge in [-0.1, -0.05) is 26.0 Å². The van der Waals surface area contributed by atoms with Crippen molar-refractivity contribution in [3.63, 3.8) is 0 Å². The van der Waals surface area contributed by atoms with Crippen molar-refractivity contribution in [3.05, 3.63) is 29.8 Å². The van der Waals surface area contributed by atoms with Crippen LogP contribution in [0.3, 0.4) is 0 Å². The molecule has 1 aliphatic rings. The van der Waals surface area contributed by atoms with E-state index in [9.17, 15) is 9.59 Å². The van der Waals surface area contributed by atoms with Crippen molar-refractivity contribution in [1.82, 2.24) is 10.2 Å². The van der Waals surface area contributed by atoms with Crippen LogP contribution in [0.2, 0.25) is 0 Å². The molecule has 0 aromatic heterocycles. The van der Waals surface area contributed by atoms with Gasteiger partial charge in [-0.2, -0.15) is 0 Å². The molecule has 2 atom stereocenters. The van der Waals surface area contributed by atoms with E-state index < -0.39 is 0 Å². The lowest BCUT2D eigenvalue weighted by Gasteiger charge is -2.35. The highest BCUT2D eigenvalue weighted by Crippen LogP contribution is 2.21. The number of nitrogens with one attached hydrogen (secondary N) is 1. The summed E-state index contributed by atoms with van der Waals surface area (Å²) in [5.41, 5.74) is 0.489. The van der Waals surface area contributed by atoms with E-state index in [1.54, 1.807) is 18.2 Å². The van der Waals surface area contributed by atoms with Gasteiger partial charge in [-0.15, -0.1) is 0 Å². The molecular formula is C18H26N2O3. The Morgan fingerprint density at radius 2 is 1.87 bits per heavy atom. The largest absolute Gasteiger partial charge is 0.496 e. The molecule has 23 heavy (non-hydrogen) atoms. The van der Waals surface area contributed by atoms with E-state index in [4.69, 9.17) is 4.74 Å². The molecule has 0 unspecified atom stereocenters. The van der Waals surface area contributed by atoms with Crippen molar-refractivity contribution in [2.75, 3.05) is 26.7 Å². The first-order chi connectivity index (χ1) is 11.0. The van der Waals surface area contributed by atoms with Gasteiger partial charge < -0.3 is 15.0 Å². The second-order valence-electron chi connectivity index (χ2n) is 6.45. The van der Waals surface area contributed by atoms with Crippen LogP contribution in [0.4, 0.5) is 0 Å². The van der Waals surface area contributed by atoms with Crippen molar-refractivity contribution in [2.24, 2.45) is 11.8 Å². The molecule has 5 heteroatoms. The zero-order chi connectivity index (χ0) is 16.8. The Labute approximate surface area is 138 Å². The Balaban J connectivity index is 1.82. The van der Waals surface area contributed by atoms with E-state index in [2.05, 4.69) is 19.2 Å². The van der Waals surface area contributed by atoms with Gasteiger partial charge in [-0.3, -0.25) is 9.59 Å². The first-order valence-corrected chi connectivity index (χ1v) is 8.20. The summed E-state index contributed by atoms with van der Waals surface area (Å²) >= 11 is 0. The van der Waals surface area contributed by atoms with E-state index in [0.717, 1.165) is 13.1 Å². The molecule has 1 aliphatic heterocycles. The van der Waals surface area contributed by atoms with E-state index in [1.807, 2.05) is 11.0 Å². The third-order valence-corrected chi connectivity index (χ3v) is 4.20. The summed E-state index contributed by atoms with van der Waals surface area (Å²) in [7, 11) is 1.54. The predicted molar refractivity (Wildman–Crippen MR) is 89.5 cm³/mol. The molecule has 2 amide bonds. The number of methoxy groups -OCH3 is 1. The fourth-order valence-electron chi connectivity index (χ4n) is 3.24. The molecule has 1 aromatic carbocycles. The maximum atomic E-state index is 12.3. The zero-order valence-electron chi connectivity index (χ0n) is 14.2. The number of hydrogen-bond acceptors (Lipinski definition) is 3. The van der Waals surface area contributed by atoms with E-state index in [-0.39, 0.29) is 11.8 Å². The Morgan fingerprint density at radius 3 is 2.52 bits per heavy atom. The molecule has 0 saturated carbocycles. The van der Waals surface area contributed by atoms with Crippen LogP contribution in [-0.4, -0.2) is 43.5 Å². The van der Waals surface area contributed by atoms with Crippen LogP contribution < -0.4 is 10.1 Å². The summed E-state index contributed by atoms with van der Waals surface area (Å²) < 4.78 is 5.18. The Bertz CT molecular complexity index is 549. The van der Waals surface area contributed by atoms with E-state index in [1.165, 1.54) is 13.5 Å². The first kappa shape index (κ1) is 17.3. The predicted octanol–water partition coefficient (Wildman–Crippen LogP) is 2.32. The molecule has 2 rings (SSSR count). The van der Waals surface area contributed by atoms with Crippen LogP contribution in [0.25, 0.3) is 0 Å². The number of likely N-dealkylation sites (tertiary alicyclic amines) is 1. The van der Waals surface area contributed by atoms with Gasteiger partial charge in [0, 0.05) is 26.1 Å². The maximum Gasteiger partial charge on any atom is 0.255 e. The molecule has 0 aliphatic carbocycles. The average Bonchev–Trinajstić information content (AvgIpc) is 2.53. The summed E-state index contributed by atoms with van der Waals surface area (Å²) in [5, 5.41) is 2.80. The number of ether oxygens (including phenoxy) is 1. The maximum absolute atomic E-state index is 12.3. The molecule has 0 spiro atoms. The molecule has 0 radical (unpaired) electrons. The second-order valence-corrected chi connectivity index (χ2v) is 6.45. The fourth-order valence-corrected chi connectivity index (χ4v) is 3.24. The topological polar surface area (TPSA) is 58.6 Å². The zero-order valence-corrected chi connectivity index (χ0v) is 14.2. The van der Waals surface area contributed by atoms with Gasteiger partial charge in [-0.05, 0) is 30.4 Å². The fraction of sp³-hybridized carbons (Fsp3) is 0.556. The molecule has 1 fully saturated rings. The van der Waals surface area contributed by atoms with E-state index >= 15 is 0 Å². The molecule has 1 N–H and O–H groups in total.